The summed E-state index contributed by atoms with van der Waals surface area (Å²) in [7, 11) is 1.82. The minimum atomic E-state index is -0.384. The lowest BCUT2D eigenvalue weighted by molar-refractivity contribution is 0.0235. The Morgan fingerprint density at radius 3 is 2.89 bits per heavy atom. The first-order valence-electron chi connectivity index (χ1n) is 8.78. The molecular formula is C19H20FN5O2. The quantitative estimate of drug-likeness (QED) is 0.642. The van der Waals surface area contributed by atoms with Gasteiger partial charge in [-0.2, -0.15) is 10.2 Å². The molecule has 1 aliphatic rings. The lowest BCUT2D eigenvalue weighted by Gasteiger charge is -2.37. The van der Waals surface area contributed by atoms with Crippen LogP contribution in [0.25, 0.3) is 11.3 Å². The summed E-state index contributed by atoms with van der Waals surface area (Å²) in [6.07, 6.45) is 5.94. The molecule has 0 bridgehead atoms. The van der Waals surface area contributed by atoms with Crippen LogP contribution in [0.3, 0.4) is 0 Å². The van der Waals surface area contributed by atoms with E-state index < -0.39 is 0 Å². The molecule has 0 radical (unpaired) electrons. The highest BCUT2D eigenvalue weighted by Crippen LogP contribution is 2.38. The second kappa shape index (κ2) is 6.96. The fourth-order valence-electron chi connectivity index (χ4n) is 3.52. The second-order valence-corrected chi connectivity index (χ2v) is 6.95. The molecule has 3 aromatic rings. The van der Waals surface area contributed by atoms with Crippen LogP contribution in [0.15, 0.2) is 42.9 Å². The topological polar surface area (TPSA) is 95.8 Å². The number of rotatable bonds is 5. The Balaban J connectivity index is 1.60. The molecule has 0 aliphatic heterocycles. The number of amides is 1. The zero-order valence-electron chi connectivity index (χ0n) is 14.8. The highest BCUT2D eigenvalue weighted by atomic mass is 19.1. The summed E-state index contributed by atoms with van der Waals surface area (Å²) < 4.78 is 15.2. The van der Waals surface area contributed by atoms with Crippen LogP contribution in [0, 0.1) is 11.7 Å². The molecule has 1 aromatic carbocycles. The van der Waals surface area contributed by atoms with Gasteiger partial charge in [0.25, 0.3) is 5.91 Å². The zero-order valence-corrected chi connectivity index (χ0v) is 14.8. The number of halogens is 1. The average Bonchev–Trinajstić information content (AvgIpc) is 3.26. The molecule has 1 amide bonds. The van der Waals surface area contributed by atoms with Gasteiger partial charge in [-0.1, -0.05) is 12.1 Å². The number of H-pyrrole nitrogens is 1. The molecular weight excluding hydrogens is 349 g/mol. The summed E-state index contributed by atoms with van der Waals surface area (Å²) in [4.78, 5) is 12.9. The number of aliphatic hydroxyl groups is 1. The van der Waals surface area contributed by atoms with Crippen LogP contribution >= 0.6 is 0 Å². The molecule has 4 rings (SSSR count). The molecule has 2 heterocycles. The number of hydrogen-bond acceptors (Lipinski definition) is 4. The Labute approximate surface area is 155 Å². The van der Waals surface area contributed by atoms with Crippen LogP contribution in [0.4, 0.5) is 4.39 Å². The van der Waals surface area contributed by atoms with Gasteiger partial charge < -0.3 is 10.4 Å². The molecule has 1 fully saturated rings. The van der Waals surface area contributed by atoms with E-state index >= 15 is 0 Å². The number of carbonyl (C=O) groups excluding carboxylic acids is 1. The predicted octanol–water partition coefficient (Wildman–Crippen LogP) is 2.19. The predicted molar refractivity (Wildman–Crippen MR) is 96.1 cm³/mol. The SMILES string of the molecule is Cn1cc([C@H](NC(=O)c2cn[nH]c2-c2cccc(F)c2)C2CC(O)C2)cn1. The van der Waals surface area contributed by atoms with Gasteiger partial charge in [0.2, 0.25) is 0 Å². The van der Waals surface area contributed by atoms with Gasteiger partial charge in [0.15, 0.2) is 0 Å². The Morgan fingerprint density at radius 2 is 2.22 bits per heavy atom. The lowest BCUT2D eigenvalue weighted by Crippen LogP contribution is -2.41. The van der Waals surface area contributed by atoms with Gasteiger partial charge in [-0.15, -0.1) is 0 Å². The lowest BCUT2D eigenvalue weighted by atomic mass is 9.75. The Morgan fingerprint density at radius 1 is 1.41 bits per heavy atom. The maximum atomic E-state index is 13.6. The molecule has 0 saturated heterocycles. The van der Waals surface area contributed by atoms with Crippen molar-refractivity contribution in [3.8, 4) is 11.3 Å². The van der Waals surface area contributed by atoms with Crippen LogP contribution in [0.1, 0.15) is 34.8 Å². The summed E-state index contributed by atoms with van der Waals surface area (Å²) >= 11 is 0. The minimum Gasteiger partial charge on any atom is -0.393 e. The number of aromatic amines is 1. The van der Waals surface area contributed by atoms with E-state index in [0.29, 0.717) is 29.7 Å². The van der Waals surface area contributed by atoms with E-state index in [9.17, 15) is 14.3 Å². The molecule has 0 spiro atoms. The second-order valence-electron chi connectivity index (χ2n) is 6.95. The number of aromatic nitrogens is 4. The molecule has 8 heteroatoms. The van der Waals surface area contributed by atoms with Crippen LogP contribution in [-0.2, 0) is 7.05 Å². The maximum absolute atomic E-state index is 13.6. The van der Waals surface area contributed by atoms with E-state index in [1.54, 1.807) is 23.0 Å². The van der Waals surface area contributed by atoms with E-state index in [1.807, 2.05) is 13.2 Å². The summed E-state index contributed by atoms with van der Waals surface area (Å²) in [5.74, 6) is -0.555. The number of nitrogens with one attached hydrogen (secondary N) is 2. The number of aryl methyl sites for hydroxylation is 1. The molecule has 1 saturated carbocycles. The normalized spacial score (nSPS) is 20.1. The highest BCUT2D eigenvalue weighted by Gasteiger charge is 2.36. The standard InChI is InChI=1S/C19H20FN5O2/c1-25-10-13(8-22-25)17(12-6-15(26)7-12)23-19(27)16-9-21-24-18(16)11-3-2-4-14(20)5-11/h2-5,8-10,12,15,17,26H,6-7H2,1H3,(H,21,24)(H,23,27)/t12?,15?,17-/m1/s1. The number of aliphatic hydroxyl groups excluding tert-OH is 1. The first kappa shape index (κ1) is 17.4. The van der Waals surface area contributed by atoms with E-state index in [-0.39, 0.29) is 29.8 Å². The molecule has 0 unspecified atom stereocenters. The van der Waals surface area contributed by atoms with Gasteiger partial charge in [-0.25, -0.2) is 4.39 Å². The number of carbonyl (C=O) groups is 1. The van der Waals surface area contributed by atoms with Crippen molar-refractivity contribution in [3.05, 3.63) is 59.8 Å². The van der Waals surface area contributed by atoms with Crippen LogP contribution in [0.5, 0.6) is 0 Å². The largest absolute Gasteiger partial charge is 0.393 e. The van der Waals surface area contributed by atoms with Gasteiger partial charge in [-0.3, -0.25) is 14.6 Å². The van der Waals surface area contributed by atoms with Crippen molar-refractivity contribution < 1.29 is 14.3 Å². The van der Waals surface area contributed by atoms with Crippen LogP contribution in [0.2, 0.25) is 0 Å². The van der Waals surface area contributed by atoms with Gasteiger partial charge in [0.05, 0.1) is 35.8 Å². The number of nitrogens with zero attached hydrogens (tertiary/aromatic N) is 3. The first-order chi connectivity index (χ1) is 13.0. The Hall–Kier alpha value is -3.00. The first-order valence-corrected chi connectivity index (χ1v) is 8.78. The Kier molecular flexibility index (Phi) is 4.49. The maximum Gasteiger partial charge on any atom is 0.255 e. The van der Waals surface area contributed by atoms with Crippen molar-refractivity contribution >= 4 is 5.91 Å². The summed E-state index contributed by atoms with van der Waals surface area (Å²) in [6, 6.07) is 5.74. The summed E-state index contributed by atoms with van der Waals surface area (Å²) in [6.45, 7) is 0. The molecule has 140 valence electrons. The van der Waals surface area contributed by atoms with Gasteiger partial charge in [-0.05, 0) is 30.9 Å². The third-order valence-corrected chi connectivity index (χ3v) is 4.99. The molecule has 3 N–H and O–H groups in total. The van der Waals surface area contributed by atoms with E-state index in [1.165, 1.54) is 18.3 Å². The monoisotopic (exact) mass is 369 g/mol. The van der Waals surface area contributed by atoms with Crippen LogP contribution < -0.4 is 5.32 Å². The third kappa shape index (κ3) is 3.48. The molecule has 7 nitrogen and oxygen atoms in total. The van der Waals surface area contributed by atoms with Crippen molar-refractivity contribution in [1.82, 2.24) is 25.3 Å². The molecule has 1 atom stereocenters. The minimum absolute atomic E-state index is 0.137. The summed E-state index contributed by atoms with van der Waals surface area (Å²) in [5.41, 5.74) is 2.24. The molecule has 27 heavy (non-hydrogen) atoms. The Bertz CT molecular complexity index is 960. The number of benzene rings is 1. The van der Waals surface area contributed by atoms with Crippen molar-refractivity contribution in [1.29, 1.82) is 0 Å². The smallest absolute Gasteiger partial charge is 0.255 e. The van der Waals surface area contributed by atoms with Gasteiger partial charge >= 0.3 is 0 Å². The average molecular weight is 369 g/mol. The zero-order chi connectivity index (χ0) is 19.0. The summed E-state index contributed by atoms with van der Waals surface area (Å²) in [5, 5.41) is 23.6. The van der Waals surface area contributed by atoms with Crippen LogP contribution in [-0.4, -0.2) is 37.1 Å². The van der Waals surface area contributed by atoms with Crippen molar-refractivity contribution in [3.63, 3.8) is 0 Å². The molecule has 2 aromatic heterocycles. The van der Waals surface area contributed by atoms with E-state index in [0.717, 1.165) is 5.56 Å². The van der Waals surface area contributed by atoms with Crippen molar-refractivity contribution in [2.24, 2.45) is 13.0 Å². The van der Waals surface area contributed by atoms with Crippen molar-refractivity contribution in [2.45, 2.75) is 25.0 Å². The fourth-order valence-corrected chi connectivity index (χ4v) is 3.52. The van der Waals surface area contributed by atoms with Gasteiger partial charge in [0.1, 0.15) is 5.82 Å². The van der Waals surface area contributed by atoms with E-state index in [2.05, 4.69) is 20.6 Å². The third-order valence-electron chi connectivity index (χ3n) is 4.99. The number of hydrogen-bond donors (Lipinski definition) is 3. The fraction of sp³-hybridized carbons (Fsp3) is 0.316. The van der Waals surface area contributed by atoms with E-state index in [4.69, 9.17) is 0 Å². The molecule has 1 aliphatic carbocycles. The highest BCUT2D eigenvalue weighted by molar-refractivity contribution is 6.00. The van der Waals surface area contributed by atoms with Crippen molar-refractivity contribution in [2.75, 3.05) is 0 Å². The van der Waals surface area contributed by atoms with Gasteiger partial charge in [0, 0.05) is 24.4 Å².